The normalized spacial score (nSPS) is 13.0. The summed E-state index contributed by atoms with van der Waals surface area (Å²) in [6.07, 6.45) is 0. The third kappa shape index (κ3) is 2.88. The van der Waals surface area contributed by atoms with Crippen molar-refractivity contribution >= 4 is 40.0 Å². The molecule has 134 valence electrons. The maximum Gasteiger partial charge on any atom is 0.341 e. The molecule has 26 heavy (non-hydrogen) atoms. The first-order valence-corrected chi connectivity index (χ1v) is 8.60. The van der Waals surface area contributed by atoms with Gasteiger partial charge in [0.1, 0.15) is 11.5 Å². The number of anilines is 1. The summed E-state index contributed by atoms with van der Waals surface area (Å²) in [7, 11) is 1.26. The second kappa shape index (κ2) is 6.72. The van der Waals surface area contributed by atoms with Gasteiger partial charge >= 0.3 is 5.97 Å². The molecule has 0 fully saturated rings. The fourth-order valence-corrected chi connectivity index (χ4v) is 3.82. The lowest BCUT2D eigenvalue weighted by Gasteiger charge is -2.13. The van der Waals surface area contributed by atoms with Gasteiger partial charge in [-0.2, -0.15) is 0 Å². The number of methoxy groups -OCH3 is 1. The summed E-state index contributed by atoms with van der Waals surface area (Å²) in [6.45, 7) is 3.16. The summed E-state index contributed by atoms with van der Waals surface area (Å²) in [6, 6.07) is 6.42. The maximum atomic E-state index is 12.4. The number of hydrogen-bond donors (Lipinski definition) is 1. The van der Waals surface area contributed by atoms with E-state index in [4.69, 9.17) is 4.74 Å². The van der Waals surface area contributed by atoms with Gasteiger partial charge in [0, 0.05) is 4.88 Å². The molecule has 1 aliphatic rings. The molecule has 0 atom stereocenters. The molecule has 0 bridgehead atoms. The van der Waals surface area contributed by atoms with Crippen molar-refractivity contribution in [3.8, 4) is 0 Å². The molecule has 0 spiro atoms. The zero-order chi connectivity index (χ0) is 19.0. The van der Waals surface area contributed by atoms with Gasteiger partial charge in [-0.25, -0.2) is 4.79 Å². The molecule has 1 N–H and O–H groups in total. The van der Waals surface area contributed by atoms with Crippen LogP contribution in [0.3, 0.4) is 0 Å². The number of ether oxygens (including phenoxy) is 1. The number of nitrogens with zero attached hydrogens (tertiary/aromatic N) is 1. The highest BCUT2D eigenvalue weighted by Crippen LogP contribution is 2.33. The van der Waals surface area contributed by atoms with Crippen LogP contribution in [0.4, 0.5) is 5.00 Å². The summed E-state index contributed by atoms with van der Waals surface area (Å²) in [4.78, 5) is 50.8. The van der Waals surface area contributed by atoms with Crippen molar-refractivity contribution in [1.82, 2.24) is 4.90 Å². The highest BCUT2D eigenvalue weighted by atomic mass is 32.1. The zero-order valence-corrected chi connectivity index (χ0v) is 15.2. The van der Waals surface area contributed by atoms with Gasteiger partial charge in [-0.3, -0.25) is 19.3 Å². The van der Waals surface area contributed by atoms with Crippen LogP contribution in [0.2, 0.25) is 0 Å². The Bertz CT molecular complexity index is 912. The van der Waals surface area contributed by atoms with Gasteiger partial charge in [0.2, 0.25) is 5.91 Å². The molecule has 0 unspecified atom stereocenters. The first-order chi connectivity index (χ1) is 12.3. The van der Waals surface area contributed by atoms with Crippen LogP contribution in [-0.2, 0) is 9.53 Å². The molecule has 2 heterocycles. The van der Waals surface area contributed by atoms with E-state index in [9.17, 15) is 19.2 Å². The van der Waals surface area contributed by atoms with Crippen molar-refractivity contribution in [2.75, 3.05) is 19.0 Å². The SMILES string of the molecule is COC(=O)c1c(NC(=O)CN2C(=O)c3ccccc3C2=O)sc(C)c1C. The first kappa shape index (κ1) is 17.8. The molecule has 1 aliphatic heterocycles. The van der Waals surface area contributed by atoms with Crippen LogP contribution in [0.15, 0.2) is 24.3 Å². The summed E-state index contributed by atoms with van der Waals surface area (Å²) in [5, 5.41) is 2.96. The first-order valence-electron chi connectivity index (χ1n) is 7.78. The molecular weight excluding hydrogens is 356 g/mol. The third-order valence-electron chi connectivity index (χ3n) is 4.21. The molecule has 1 aromatic carbocycles. The molecule has 7 nitrogen and oxygen atoms in total. The van der Waals surface area contributed by atoms with Gasteiger partial charge in [-0.15, -0.1) is 11.3 Å². The molecule has 2 aromatic rings. The zero-order valence-electron chi connectivity index (χ0n) is 14.4. The number of rotatable bonds is 4. The van der Waals surface area contributed by atoms with E-state index in [1.807, 2.05) is 6.92 Å². The Morgan fingerprint density at radius 1 is 1.12 bits per heavy atom. The summed E-state index contributed by atoms with van der Waals surface area (Å²) in [5.41, 5.74) is 1.57. The number of carbonyl (C=O) groups is 4. The van der Waals surface area contributed by atoms with Crippen LogP contribution in [0, 0.1) is 13.8 Å². The summed E-state index contributed by atoms with van der Waals surface area (Å²) < 4.78 is 4.76. The van der Waals surface area contributed by atoms with Crippen molar-refractivity contribution < 1.29 is 23.9 Å². The molecule has 0 saturated carbocycles. The van der Waals surface area contributed by atoms with Crippen LogP contribution in [0.5, 0.6) is 0 Å². The average molecular weight is 372 g/mol. The molecule has 3 rings (SSSR count). The Kier molecular flexibility index (Phi) is 4.60. The van der Waals surface area contributed by atoms with E-state index in [0.717, 1.165) is 15.3 Å². The smallest absolute Gasteiger partial charge is 0.341 e. The predicted molar refractivity (Wildman–Crippen MR) is 95.6 cm³/mol. The minimum atomic E-state index is -0.564. The number of fused-ring (bicyclic) bond motifs is 1. The summed E-state index contributed by atoms with van der Waals surface area (Å²) in [5.74, 6) is -2.13. The van der Waals surface area contributed by atoms with Crippen LogP contribution in [-0.4, -0.2) is 42.2 Å². The van der Waals surface area contributed by atoms with E-state index < -0.39 is 30.2 Å². The largest absolute Gasteiger partial charge is 0.465 e. The number of aryl methyl sites for hydroxylation is 1. The fourth-order valence-electron chi connectivity index (χ4n) is 2.76. The van der Waals surface area contributed by atoms with E-state index in [0.29, 0.717) is 5.00 Å². The highest BCUT2D eigenvalue weighted by molar-refractivity contribution is 7.16. The minimum Gasteiger partial charge on any atom is -0.465 e. The number of imide groups is 1. The van der Waals surface area contributed by atoms with Crippen LogP contribution in [0.25, 0.3) is 0 Å². The standard InChI is InChI=1S/C18H16N2O5S/c1-9-10(2)26-15(14(9)18(24)25-3)19-13(21)8-20-16(22)11-6-4-5-7-12(11)17(20)23/h4-7H,8H2,1-3H3,(H,19,21). The number of thiophene rings is 1. The Hall–Kier alpha value is -3.00. The average Bonchev–Trinajstić information content (AvgIpc) is 3.03. The van der Waals surface area contributed by atoms with Gasteiger partial charge < -0.3 is 10.1 Å². The number of nitrogens with one attached hydrogen (secondary N) is 1. The topological polar surface area (TPSA) is 92.8 Å². The van der Waals surface area contributed by atoms with E-state index in [1.54, 1.807) is 31.2 Å². The van der Waals surface area contributed by atoms with Gasteiger partial charge in [-0.05, 0) is 31.5 Å². The Labute approximate surface area is 153 Å². The van der Waals surface area contributed by atoms with Crippen LogP contribution < -0.4 is 5.32 Å². The lowest BCUT2D eigenvalue weighted by Crippen LogP contribution is -2.37. The quantitative estimate of drug-likeness (QED) is 0.657. The van der Waals surface area contributed by atoms with E-state index >= 15 is 0 Å². The monoisotopic (exact) mass is 372 g/mol. The number of hydrogen-bond acceptors (Lipinski definition) is 6. The highest BCUT2D eigenvalue weighted by Gasteiger charge is 2.36. The molecule has 3 amide bonds. The van der Waals surface area contributed by atoms with E-state index in [1.165, 1.54) is 18.4 Å². The molecule has 0 radical (unpaired) electrons. The Morgan fingerprint density at radius 2 is 1.69 bits per heavy atom. The van der Waals surface area contributed by atoms with Gasteiger partial charge in [0.15, 0.2) is 0 Å². The van der Waals surface area contributed by atoms with Crippen molar-refractivity contribution in [3.05, 3.63) is 51.4 Å². The van der Waals surface area contributed by atoms with Crippen molar-refractivity contribution in [3.63, 3.8) is 0 Å². The lowest BCUT2D eigenvalue weighted by atomic mass is 10.1. The number of benzene rings is 1. The molecular formula is C18H16N2O5S. The Morgan fingerprint density at radius 3 is 2.23 bits per heavy atom. The molecule has 0 aliphatic carbocycles. The van der Waals surface area contributed by atoms with Gasteiger partial charge in [0.25, 0.3) is 11.8 Å². The molecule has 1 aromatic heterocycles. The van der Waals surface area contributed by atoms with Gasteiger partial charge in [0.05, 0.1) is 23.8 Å². The predicted octanol–water partition coefficient (Wildman–Crippen LogP) is 2.39. The number of esters is 1. The minimum absolute atomic E-state index is 0.281. The lowest BCUT2D eigenvalue weighted by molar-refractivity contribution is -0.116. The van der Waals surface area contributed by atoms with Gasteiger partial charge in [-0.1, -0.05) is 12.1 Å². The third-order valence-corrected chi connectivity index (χ3v) is 5.33. The fraction of sp³-hybridized carbons (Fsp3) is 0.222. The van der Waals surface area contributed by atoms with E-state index in [-0.39, 0.29) is 16.7 Å². The van der Waals surface area contributed by atoms with Crippen LogP contribution in [0.1, 0.15) is 41.5 Å². The molecule has 0 saturated heterocycles. The summed E-state index contributed by atoms with van der Waals surface area (Å²) >= 11 is 1.24. The van der Waals surface area contributed by atoms with Crippen molar-refractivity contribution in [1.29, 1.82) is 0 Å². The number of carbonyl (C=O) groups excluding carboxylic acids is 4. The van der Waals surface area contributed by atoms with E-state index in [2.05, 4.69) is 5.32 Å². The molecule has 8 heteroatoms. The second-order valence-electron chi connectivity index (χ2n) is 5.77. The Balaban J connectivity index is 1.79. The van der Waals surface area contributed by atoms with Crippen LogP contribution >= 0.6 is 11.3 Å². The van der Waals surface area contributed by atoms with Crippen molar-refractivity contribution in [2.45, 2.75) is 13.8 Å². The second-order valence-corrected chi connectivity index (χ2v) is 6.99. The maximum absolute atomic E-state index is 12.4. The number of amides is 3. The van der Waals surface area contributed by atoms with Crippen molar-refractivity contribution in [2.24, 2.45) is 0 Å².